The number of pyridine rings is 1. The quantitative estimate of drug-likeness (QED) is 0.676. The second kappa shape index (κ2) is 7.45. The molecule has 0 aliphatic rings. The van der Waals surface area contributed by atoms with Crippen molar-refractivity contribution in [2.45, 2.75) is 33.7 Å². The third-order valence-electron chi connectivity index (χ3n) is 3.86. The Labute approximate surface area is 142 Å². The van der Waals surface area contributed by atoms with E-state index in [9.17, 15) is 8.42 Å². The van der Waals surface area contributed by atoms with Crippen molar-refractivity contribution in [3.63, 3.8) is 0 Å². The third-order valence-corrected chi connectivity index (χ3v) is 4.59. The maximum absolute atomic E-state index is 11.0. The zero-order chi connectivity index (χ0) is 17.9. The Kier molecular flexibility index (Phi) is 5.79. The van der Waals surface area contributed by atoms with E-state index in [0.29, 0.717) is 25.6 Å². The van der Waals surface area contributed by atoms with Gasteiger partial charge in [0.25, 0.3) is 0 Å². The molecule has 2 rings (SSSR count). The summed E-state index contributed by atoms with van der Waals surface area (Å²) in [6, 6.07) is 0. The Balaban J connectivity index is 2.11. The minimum atomic E-state index is -3.18. The molecular formula is C15H25N5O3S. The molecule has 0 aromatic carbocycles. The van der Waals surface area contributed by atoms with Gasteiger partial charge in [-0.15, -0.1) is 0 Å². The normalized spacial score (nSPS) is 12.2. The highest BCUT2D eigenvalue weighted by atomic mass is 32.2. The van der Waals surface area contributed by atoms with E-state index >= 15 is 0 Å². The van der Waals surface area contributed by atoms with Crippen LogP contribution in [0.1, 0.15) is 24.0 Å². The van der Waals surface area contributed by atoms with Gasteiger partial charge in [0.05, 0.1) is 25.0 Å². The lowest BCUT2D eigenvalue weighted by molar-refractivity contribution is 0.131. The summed E-state index contributed by atoms with van der Waals surface area (Å²) in [6.45, 7) is 7.66. The molecule has 2 aromatic rings. The molecule has 2 aromatic heterocycles. The Hall–Kier alpha value is -1.71. The summed E-state index contributed by atoms with van der Waals surface area (Å²) in [4.78, 5) is 8.95. The van der Waals surface area contributed by atoms with Gasteiger partial charge < -0.3 is 15.0 Å². The first kappa shape index (κ1) is 18.6. The molecule has 0 spiro atoms. The largest absolute Gasteiger partial charge is 0.382 e. The lowest BCUT2D eigenvalue weighted by Gasteiger charge is -2.11. The van der Waals surface area contributed by atoms with Crippen LogP contribution < -0.4 is 10.5 Å². The van der Waals surface area contributed by atoms with Gasteiger partial charge in [-0.3, -0.25) is 0 Å². The molecule has 0 saturated carbocycles. The molecule has 0 fully saturated rings. The van der Waals surface area contributed by atoms with Crippen LogP contribution in [0.2, 0.25) is 0 Å². The van der Waals surface area contributed by atoms with Gasteiger partial charge in [0.1, 0.15) is 11.3 Å². The van der Waals surface area contributed by atoms with Gasteiger partial charge in [-0.2, -0.15) is 0 Å². The molecule has 0 bridgehead atoms. The molecule has 2 heterocycles. The van der Waals surface area contributed by atoms with Crippen molar-refractivity contribution in [3.05, 3.63) is 17.1 Å². The number of aryl methyl sites for hydroxylation is 3. The maximum atomic E-state index is 11.0. The predicted molar refractivity (Wildman–Crippen MR) is 94.5 cm³/mol. The van der Waals surface area contributed by atoms with Gasteiger partial charge in [0.2, 0.25) is 10.0 Å². The van der Waals surface area contributed by atoms with Gasteiger partial charge >= 0.3 is 0 Å². The number of imidazole rings is 1. The number of nitrogens with one attached hydrogen (secondary N) is 1. The zero-order valence-corrected chi connectivity index (χ0v) is 15.4. The molecule has 0 saturated heterocycles. The summed E-state index contributed by atoms with van der Waals surface area (Å²) in [5.74, 6) is 1.38. The lowest BCUT2D eigenvalue weighted by Crippen LogP contribution is -2.26. The van der Waals surface area contributed by atoms with E-state index in [1.807, 2.05) is 20.8 Å². The molecule has 0 aliphatic heterocycles. The SMILES string of the molecule is CCc1nc2c(N)nc(C)c(C)c2n1CCOCCNS(C)(=O)=O. The topological polar surface area (TPSA) is 112 Å². The number of fused-ring (bicyclic) bond motifs is 1. The van der Waals surface area contributed by atoms with E-state index in [4.69, 9.17) is 10.5 Å². The molecule has 0 radical (unpaired) electrons. The number of anilines is 1. The van der Waals surface area contributed by atoms with Crippen molar-refractivity contribution >= 4 is 26.9 Å². The van der Waals surface area contributed by atoms with Gasteiger partial charge in [0.15, 0.2) is 5.82 Å². The van der Waals surface area contributed by atoms with E-state index in [1.165, 1.54) is 0 Å². The molecule has 0 amide bonds. The number of nitrogen functional groups attached to an aromatic ring is 1. The van der Waals surface area contributed by atoms with E-state index in [2.05, 4.69) is 19.3 Å². The maximum Gasteiger partial charge on any atom is 0.208 e. The second-order valence-corrected chi connectivity index (χ2v) is 7.55. The summed E-state index contributed by atoms with van der Waals surface area (Å²) in [7, 11) is -3.18. The van der Waals surface area contributed by atoms with Crippen molar-refractivity contribution in [2.24, 2.45) is 0 Å². The number of hydrogen-bond donors (Lipinski definition) is 2. The number of aromatic nitrogens is 3. The number of rotatable bonds is 8. The minimum Gasteiger partial charge on any atom is -0.382 e. The Morgan fingerprint density at radius 1 is 1.25 bits per heavy atom. The third kappa shape index (κ3) is 4.22. The summed E-state index contributed by atoms with van der Waals surface area (Å²) >= 11 is 0. The van der Waals surface area contributed by atoms with Crippen LogP contribution in [-0.4, -0.2) is 49.0 Å². The predicted octanol–water partition coefficient (Wildman–Crippen LogP) is 0.759. The molecule has 0 unspecified atom stereocenters. The number of sulfonamides is 1. The number of nitrogens with two attached hydrogens (primary N) is 1. The highest BCUT2D eigenvalue weighted by molar-refractivity contribution is 7.88. The van der Waals surface area contributed by atoms with Crippen LogP contribution in [0.5, 0.6) is 0 Å². The van der Waals surface area contributed by atoms with Crippen LogP contribution in [0.4, 0.5) is 5.82 Å². The second-order valence-electron chi connectivity index (χ2n) is 5.72. The van der Waals surface area contributed by atoms with E-state index < -0.39 is 10.0 Å². The van der Waals surface area contributed by atoms with Gasteiger partial charge in [0, 0.05) is 25.2 Å². The fourth-order valence-corrected chi connectivity index (χ4v) is 3.07. The minimum absolute atomic E-state index is 0.263. The molecule has 8 nitrogen and oxygen atoms in total. The highest BCUT2D eigenvalue weighted by Gasteiger charge is 2.16. The van der Waals surface area contributed by atoms with Crippen molar-refractivity contribution in [1.82, 2.24) is 19.3 Å². The average Bonchev–Trinajstić information content (AvgIpc) is 2.86. The smallest absolute Gasteiger partial charge is 0.208 e. The number of hydrogen-bond acceptors (Lipinski definition) is 6. The summed E-state index contributed by atoms with van der Waals surface area (Å²) < 4.78 is 32.0. The first-order valence-electron chi connectivity index (χ1n) is 7.88. The van der Waals surface area contributed by atoms with E-state index in [1.54, 1.807) is 0 Å². The fraction of sp³-hybridized carbons (Fsp3) is 0.600. The van der Waals surface area contributed by atoms with Gasteiger partial charge in [-0.25, -0.2) is 23.1 Å². The molecule has 3 N–H and O–H groups in total. The standard InChI is InChI=1S/C15H25N5O3S/c1-5-12-19-13-14(10(2)11(3)18-15(13)16)20(12)7-9-23-8-6-17-24(4,21)22/h17H,5-9H2,1-4H3,(H2,16,18). The molecular weight excluding hydrogens is 330 g/mol. The number of nitrogens with zero attached hydrogens (tertiary/aromatic N) is 3. The fourth-order valence-electron chi connectivity index (χ4n) is 2.61. The van der Waals surface area contributed by atoms with Crippen molar-refractivity contribution < 1.29 is 13.2 Å². The van der Waals surface area contributed by atoms with Gasteiger partial charge in [-0.1, -0.05) is 6.92 Å². The van der Waals surface area contributed by atoms with E-state index in [0.717, 1.165) is 40.8 Å². The Morgan fingerprint density at radius 2 is 1.96 bits per heavy atom. The van der Waals surface area contributed by atoms with Crippen molar-refractivity contribution in [2.75, 3.05) is 31.7 Å². The number of ether oxygens (including phenoxy) is 1. The van der Waals surface area contributed by atoms with Crippen molar-refractivity contribution in [3.8, 4) is 0 Å². The molecule has 9 heteroatoms. The molecule has 134 valence electrons. The zero-order valence-electron chi connectivity index (χ0n) is 14.6. The Morgan fingerprint density at radius 3 is 2.58 bits per heavy atom. The lowest BCUT2D eigenvalue weighted by atomic mass is 10.2. The van der Waals surface area contributed by atoms with Gasteiger partial charge in [-0.05, 0) is 19.4 Å². The van der Waals surface area contributed by atoms with Crippen LogP contribution in [0, 0.1) is 13.8 Å². The molecule has 24 heavy (non-hydrogen) atoms. The van der Waals surface area contributed by atoms with Crippen LogP contribution in [-0.2, 0) is 27.7 Å². The summed E-state index contributed by atoms with van der Waals surface area (Å²) in [5.41, 5.74) is 9.69. The first-order chi connectivity index (χ1) is 11.2. The van der Waals surface area contributed by atoms with Crippen LogP contribution in [0.3, 0.4) is 0 Å². The summed E-state index contributed by atoms with van der Waals surface area (Å²) in [6.07, 6.45) is 1.91. The Bertz CT molecular complexity index is 829. The average molecular weight is 355 g/mol. The highest BCUT2D eigenvalue weighted by Crippen LogP contribution is 2.26. The molecule has 0 atom stereocenters. The molecule has 0 aliphatic carbocycles. The monoisotopic (exact) mass is 355 g/mol. The van der Waals surface area contributed by atoms with Crippen LogP contribution in [0.15, 0.2) is 0 Å². The van der Waals surface area contributed by atoms with Crippen molar-refractivity contribution in [1.29, 1.82) is 0 Å². The summed E-state index contributed by atoms with van der Waals surface area (Å²) in [5, 5.41) is 0. The van der Waals surface area contributed by atoms with E-state index in [-0.39, 0.29) is 6.54 Å². The van der Waals surface area contributed by atoms with Crippen LogP contribution >= 0.6 is 0 Å². The van der Waals surface area contributed by atoms with Crippen LogP contribution in [0.25, 0.3) is 11.0 Å². The first-order valence-corrected chi connectivity index (χ1v) is 9.78.